The van der Waals surface area contributed by atoms with Crippen LogP contribution >= 0.6 is 0 Å². The van der Waals surface area contributed by atoms with E-state index in [1.807, 2.05) is 24.3 Å². The number of nitrogens with one attached hydrogen (secondary N) is 2. The summed E-state index contributed by atoms with van der Waals surface area (Å²) in [6, 6.07) is 10.9. The number of carbonyl (C=O) groups excluding carboxylic acids is 1. The average Bonchev–Trinajstić information content (AvgIpc) is 2.77. The first-order valence-corrected chi connectivity index (χ1v) is 10.8. The molecule has 0 unspecified atom stereocenters. The number of piperidine rings is 1. The van der Waals surface area contributed by atoms with Crippen molar-refractivity contribution in [3.05, 3.63) is 65.2 Å². The molecule has 3 rings (SSSR count). The van der Waals surface area contributed by atoms with Gasteiger partial charge in [0.2, 0.25) is 0 Å². The van der Waals surface area contributed by atoms with Crippen molar-refractivity contribution in [1.82, 2.24) is 15.5 Å². The van der Waals surface area contributed by atoms with Crippen LogP contribution in [-0.4, -0.2) is 36.7 Å². The largest absolute Gasteiger partial charge is 0.493 e. The molecule has 1 fully saturated rings. The predicted molar refractivity (Wildman–Crippen MR) is 117 cm³/mol. The lowest BCUT2D eigenvalue weighted by Gasteiger charge is -2.35. The highest BCUT2D eigenvalue weighted by Crippen LogP contribution is 2.19. The zero-order valence-corrected chi connectivity index (χ0v) is 18.2. The molecule has 0 bridgehead atoms. The highest BCUT2D eigenvalue weighted by molar-refractivity contribution is 5.74. The number of carbonyl (C=O) groups is 1. The summed E-state index contributed by atoms with van der Waals surface area (Å²) in [4.78, 5) is 14.7. The molecule has 1 aliphatic heterocycles. The van der Waals surface area contributed by atoms with Crippen molar-refractivity contribution < 1.29 is 18.3 Å². The average molecular weight is 432 g/mol. The second-order valence-electron chi connectivity index (χ2n) is 8.35. The maximum Gasteiger partial charge on any atom is 0.318 e. The van der Waals surface area contributed by atoms with Crippen LogP contribution in [0.25, 0.3) is 0 Å². The molecule has 0 saturated carbocycles. The van der Waals surface area contributed by atoms with Crippen molar-refractivity contribution in [2.24, 2.45) is 5.92 Å². The van der Waals surface area contributed by atoms with Crippen molar-refractivity contribution in [3.8, 4) is 5.75 Å². The van der Waals surface area contributed by atoms with Gasteiger partial charge in [-0.3, -0.25) is 0 Å². The fourth-order valence-electron chi connectivity index (χ4n) is 3.56. The van der Waals surface area contributed by atoms with Gasteiger partial charge in [0.15, 0.2) is 0 Å². The van der Waals surface area contributed by atoms with E-state index in [-0.39, 0.29) is 18.6 Å². The minimum atomic E-state index is -0.635. The molecule has 1 aliphatic rings. The van der Waals surface area contributed by atoms with Gasteiger partial charge >= 0.3 is 6.03 Å². The number of hydrogen-bond donors (Lipinski definition) is 2. The Morgan fingerprint density at radius 2 is 1.87 bits per heavy atom. The first-order chi connectivity index (χ1) is 14.9. The quantitative estimate of drug-likeness (QED) is 0.649. The Balaban J connectivity index is 1.64. The van der Waals surface area contributed by atoms with E-state index in [0.29, 0.717) is 24.6 Å². The minimum Gasteiger partial charge on any atom is -0.493 e. The second kappa shape index (κ2) is 11.1. The van der Waals surface area contributed by atoms with Gasteiger partial charge in [-0.2, -0.15) is 0 Å². The molecule has 0 atom stereocenters. The fraction of sp³-hybridized carbons (Fsp3) is 0.458. The maximum atomic E-state index is 14.2. The van der Waals surface area contributed by atoms with Gasteiger partial charge in [-0.15, -0.1) is 0 Å². The Labute approximate surface area is 182 Å². The zero-order valence-electron chi connectivity index (χ0n) is 18.2. The molecule has 0 radical (unpaired) electrons. The molecule has 0 spiro atoms. The molecule has 0 aromatic heterocycles. The van der Waals surface area contributed by atoms with Gasteiger partial charge in [-0.1, -0.05) is 32.0 Å². The number of ether oxygens (including phenoxy) is 1. The summed E-state index contributed by atoms with van der Waals surface area (Å²) in [5.41, 5.74) is 1.25. The van der Waals surface area contributed by atoms with Crippen molar-refractivity contribution in [3.63, 3.8) is 0 Å². The van der Waals surface area contributed by atoms with Crippen LogP contribution < -0.4 is 15.4 Å². The number of rotatable bonds is 8. The molecule has 1 heterocycles. The lowest BCUT2D eigenvalue weighted by Crippen LogP contribution is -2.49. The summed E-state index contributed by atoms with van der Waals surface area (Å²) >= 11 is 0. The Kier molecular flexibility index (Phi) is 8.23. The summed E-state index contributed by atoms with van der Waals surface area (Å²) in [5, 5.41) is 6.22. The van der Waals surface area contributed by atoms with Crippen LogP contribution in [0.2, 0.25) is 0 Å². The Bertz CT molecular complexity index is 852. The van der Waals surface area contributed by atoms with Gasteiger partial charge in [0, 0.05) is 24.2 Å². The van der Waals surface area contributed by atoms with E-state index >= 15 is 0 Å². The molecule has 0 aliphatic carbocycles. The third kappa shape index (κ3) is 6.92. The van der Waals surface area contributed by atoms with E-state index in [2.05, 4.69) is 24.5 Å². The van der Waals surface area contributed by atoms with Gasteiger partial charge in [0.05, 0.1) is 13.2 Å². The highest BCUT2D eigenvalue weighted by Gasteiger charge is 2.26. The zero-order chi connectivity index (χ0) is 22.2. The molecule has 2 amide bonds. The van der Waals surface area contributed by atoms with Crippen LogP contribution in [0.1, 0.15) is 37.8 Å². The predicted octanol–water partition coefficient (Wildman–Crippen LogP) is 4.46. The van der Waals surface area contributed by atoms with E-state index in [4.69, 9.17) is 4.74 Å². The van der Waals surface area contributed by atoms with E-state index < -0.39 is 11.6 Å². The van der Waals surface area contributed by atoms with Crippen LogP contribution in [-0.2, 0) is 13.1 Å². The summed E-state index contributed by atoms with van der Waals surface area (Å²) < 4.78 is 33.2. The van der Waals surface area contributed by atoms with Crippen LogP contribution in [0.3, 0.4) is 0 Å². The highest BCUT2D eigenvalue weighted by atomic mass is 19.1. The number of amides is 2. The number of urea groups is 1. The molecule has 7 heteroatoms. The van der Waals surface area contributed by atoms with Crippen LogP contribution in [0, 0.1) is 17.6 Å². The molecule has 2 N–H and O–H groups in total. The smallest absolute Gasteiger partial charge is 0.318 e. The summed E-state index contributed by atoms with van der Waals surface area (Å²) in [7, 11) is 0. The molecular formula is C24H31F2N3O2. The standard InChI is InChI=1S/C24H31F2N3O2/c1-17(2)16-31-22-7-3-18(4-8-22)14-28-24(30)29(21-9-11-27-12-10-21)15-19-5-6-20(25)13-23(19)26/h3-8,13,17,21,27H,9-12,14-16H2,1-2H3,(H,28,30). The van der Waals surface area contributed by atoms with Crippen LogP contribution in [0.5, 0.6) is 5.75 Å². The van der Waals surface area contributed by atoms with E-state index in [0.717, 1.165) is 43.3 Å². The lowest BCUT2D eigenvalue weighted by molar-refractivity contribution is 0.153. The van der Waals surface area contributed by atoms with E-state index in [1.54, 1.807) is 4.90 Å². The van der Waals surface area contributed by atoms with Gasteiger partial charge in [0.1, 0.15) is 17.4 Å². The lowest BCUT2D eigenvalue weighted by atomic mass is 10.0. The van der Waals surface area contributed by atoms with Crippen molar-refractivity contribution in [2.75, 3.05) is 19.7 Å². The second-order valence-corrected chi connectivity index (χ2v) is 8.35. The van der Waals surface area contributed by atoms with Gasteiger partial charge in [0.25, 0.3) is 0 Å². The summed E-state index contributed by atoms with van der Waals surface area (Å²) in [5.74, 6) is -0.0126. The third-order valence-electron chi connectivity index (χ3n) is 5.32. The first kappa shape index (κ1) is 23.0. The van der Waals surface area contributed by atoms with Crippen molar-refractivity contribution in [1.29, 1.82) is 0 Å². The summed E-state index contributed by atoms with van der Waals surface area (Å²) in [6.45, 7) is 6.91. The minimum absolute atomic E-state index is 0.00230. The fourth-order valence-corrected chi connectivity index (χ4v) is 3.56. The van der Waals surface area contributed by atoms with Crippen molar-refractivity contribution in [2.45, 2.75) is 45.8 Å². The monoisotopic (exact) mass is 431 g/mol. The molecule has 2 aromatic rings. The number of hydrogen-bond acceptors (Lipinski definition) is 3. The topological polar surface area (TPSA) is 53.6 Å². The van der Waals surface area contributed by atoms with E-state index in [9.17, 15) is 13.6 Å². The van der Waals surface area contributed by atoms with Crippen LogP contribution in [0.4, 0.5) is 13.6 Å². The first-order valence-electron chi connectivity index (χ1n) is 10.8. The number of nitrogens with zero attached hydrogens (tertiary/aromatic N) is 1. The van der Waals surface area contributed by atoms with Gasteiger partial charge < -0.3 is 20.3 Å². The number of benzene rings is 2. The van der Waals surface area contributed by atoms with Crippen molar-refractivity contribution >= 4 is 6.03 Å². The van der Waals surface area contributed by atoms with Crippen LogP contribution in [0.15, 0.2) is 42.5 Å². The molecule has 168 valence electrons. The molecule has 5 nitrogen and oxygen atoms in total. The molecule has 2 aromatic carbocycles. The molecule has 31 heavy (non-hydrogen) atoms. The Hall–Kier alpha value is -2.67. The SMILES string of the molecule is CC(C)COc1ccc(CNC(=O)N(Cc2ccc(F)cc2F)C2CCNCC2)cc1. The Morgan fingerprint density at radius 3 is 2.52 bits per heavy atom. The van der Waals surface area contributed by atoms with Gasteiger partial charge in [-0.05, 0) is 55.6 Å². The molecular weight excluding hydrogens is 400 g/mol. The Morgan fingerprint density at radius 1 is 1.16 bits per heavy atom. The summed E-state index contributed by atoms with van der Waals surface area (Å²) in [6.07, 6.45) is 1.58. The third-order valence-corrected chi connectivity index (χ3v) is 5.32. The van der Waals surface area contributed by atoms with E-state index in [1.165, 1.54) is 12.1 Å². The number of halogens is 2. The normalized spacial score (nSPS) is 14.5. The maximum absolute atomic E-state index is 14.2. The van der Waals surface area contributed by atoms with Gasteiger partial charge in [-0.25, -0.2) is 13.6 Å². The molecule has 1 saturated heterocycles.